The van der Waals surface area contributed by atoms with E-state index in [0.717, 1.165) is 43.0 Å². The monoisotopic (exact) mass is 302 g/mol. The highest BCUT2D eigenvalue weighted by Gasteiger charge is 2.16. The molecule has 5 nitrogen and oxygen atoms in total. The Kier molecular flexibility index (Phi) is 5.55. The lowest BCUT2D eigenvalue weighted by atomic mass is 10.3. The Morgan fingerprint density at radius 1 is 1.27 bits per heavy atom. The maximum Gasteiger partial charge on any atom is 0.270 e. The number of aryl methyl sites for hydroxylation is 2. The molecule has 2 aromatic rings. The van der Waals surface area contributed by atoms with Crippen LogP contribution in [0.1, 0.15) is 42.0 Å². The Labute approximate surface area is 132 Å². The lowest BCUT2D eigenvalue weighted by molar-refractivity contribution is 0.0945. The van der Waals surface area contributed by atoms with Crippen LogP contribution in [0.25, 0.3) is 5.65 Å². The van der Waals surface area contributed by atoms with Crippen LogP contribution < -0.4 is 5.32 Å². The number of hydrogen-bond acceptors (Lipinski definition) is 3. The molecule has 2 aromatic heterocycles. The largest absolute Gasteiger partial charge is 0.351 e. The molecular weight excluding hydrogens is 276 g/mol. The molecule has 0 spiro atoms. The van der Waals surface area contributed by atoms with Crippen molar-refractivity contribution in [2.24, 2.45) is 0 Å². The van der Waals surface area contributed by atoms with E-state index in [2.05, 4.69) is 29.0 Å². The second-order valence-electron chi connectivity index (χ2n) is 5.62. The van der Waals surface area contributed by atoms with Crippen molar-refractivity contribution in [2.75, 3.05) is 26.2 Å². The van der Waals surface area contributed by atoms with Crippen molar-refractivity contribution in [1.82, 2.24) is 19.6 Å². The normalized spacial score (nSPS) is 11.3. The number of fused-ring (bicyclic) bond motifs is 1. The van der Waals surface area contributed by atoms with E-state index in [4.69, 9.17) is 0 Å². The van der Waals surface area contributed by atoms with Crippen molar-refractivity contribution in [3.63, 3.8) is 0 Å². The second kappa shape index (κ2) is 7.40. The number of nitrogens with zero attached hydrogens (tertiary/aromatic N) is 3. The van der Waals surface area contributed by atoms with Gasteiger partial charge in [0.25, 0.3) is 5.91 Å². The minimum atomic E-state index is -0.0462. The summed E-state index contributed by atoms with van der Waals surface area (Å²) in [5, 5.41) is 3.01. The molecule has 0 aliphatic heterocycles. The molecule has 0 aromatic carbocycles. The Hall–Kier alpha value is -1.88. The first-order valence-corrected chi connectivity index (χ1v) is 8.02. The summed E-state index contributed by atoms with van der Waals surface area (Å²) < 4.78 is 1.88. The molecule has 2 heterocycles. The van der Waals surface area contributed by atoms with Crippen LogP contribution in [-0.2, 0) is 0 Å². The first-order chi connectivity index (χ1) is 10.6. The number of imidazole rings is 1. The van der Waals surface area contributed by atoms with Gasteiger partial charge in [0.05, 0.1) is 5.69 Å². The SMILES string of the molecule is CCN(CC)CCCNC(=O)c1c(C)nc2ccc(C)cn12. The average molecular weight is 302 g/mol. The van der Waals surface area contributed by atoms with E-state index in [1.807, 2.05) is 36.6 Å². The van der Waals surface area contributed by atoms with Crippen LogP contribution in [0.15, 0.2) is 18.3 Å². The topological polar surface area (TPSA) is 49.6 Å². The summed E-state index contributed by atoms with van der Waals surface area (Å²) in [6.07, 6.45) is 2.92. The predicted octanol–water partition coefficient (Wildman–Crippen LogP) is 2.41. The van der Waals surface area contributed by atoms with Crippen LogP contribution in [0, 0.1) is 13.8 Å². The van der Waals surface area contributed by atoms with E-state index in [1.165, 1.54) is 0 Å². The van der Waals surface area contributed by atoms with Gasteiger partial charge in [-0.3, -0.25) is 9.20 Å². The lowest BCUT2D eigenvalue weighted by Gasteiger charge is -2.17. The minimum absolute atomic E-state index is 0.0462. The van der Waals surface area contributed by atoms with Crippen LogP contribution in [0.2, 0.25) is 0 Å². The van der Waals surface area contributed by atoms with Crippen molar-refractivity contribution < 1.29 is 4.79 Å². The molecule has 0 atom stereocenters. The maximum absolute atomic E-state index is 12.5. The fourth-order valence-electron chi connectivity index (χ4n) is 2.67. The molecule has 120 valence electrons. The Balaban J connectivity index is 2.01. The molecule has 22 heavy (non-hydrogen) atoms. The summed E-state index contributed by atoms with van der Waals surface area (Å²) in [5.74, 6) is -0.0462. The summed E-state index contributed by atoms with van der Waals surface area (Å²) in [7, 11) is 0. The average Bonchev–Trinajstić information content (AvgIpc) is 2.82. The molecule has 0 bridgehead atoms. The van der Waals surface area contributed by atoms with Crippen LogP contribution in [0.4, 0.5) is 0 Å². The zero-order valence-corrected chi connectivity index (χ0v) is 14.0. The van der Waals surface area contributed by atoms with Crippen molar-refractivity contribution >= 4 is 11.6 Å². The summed E-state index contributed by atoms with van der Waals surface area (Å²) in [6.45, 7) is 12.0. The Morgan fingerprint density at radius 3 is 2.68 bits per heavy atom. The first kappa shape index (κ1) is 16.5. The number of aromatic nitrogens is 2. The van der Waals surface area contributed by atoms with Crippen LogP contribution in [-0.4, -0.2) is 46.4 Å². The van der Waals surface area contributed by atoms with Crippen molar-refractivity contribution in [2.45, 2.75) is 34.1 Å². The second-order valence-corrected chi connectivity index (χ2v) is 5.62. The van der Waals surface area contributed by atoms with Gasteiger partial charge in [0.1, 0.15) is 11.3 Å². The molecule has 2 rings (SSSR count). The molecule has 5 heteroatoms. The van der Waals surface area contributed by atoms with Crippen molar-refractivity contribution in [1.29, 1.82) is 0 Å². The van der Waals surface area contributed by atoms with Gasteiger partial charge in [-0.25, -0.2) is 4.98 Å². The molecule has 0 radical (unpaired) electrons. The zero-order valence-electron chi connectivity index (χ0n) is 14.0. The molecule has 0 aliphatic carbocycles. The highest BCUT2D eigenvalue weighted by Crippen LogP contribution is 2.13. The lowest BCUT2D eigenvalue weighted by Crippen LogP contribution is -2.30. The number of nitrogens with one attached hydrogen (secondary N) is 1. The van der Waals surface area contributed by atoms with Gasteiger partial charge in [0.15, 0.2) is 0 Å². The van der Waals surface area contributed by atoms with E-state index in [0.29, 0.717) is 12.2 Å². The standard InChI is InChI=1S/C17H26N4O/c1-5-20(6-2)11-7-10-18-17(22)16-14(4)19-15-9-8-13(3)12-21(15)16/h8-9,12H,5-7,10-11H2,1-4H3,(H,18,22). The maximum atomic E-state index is 12.5. The Morgan fingerprint density at radius 2 is 2.00 bits per heavy atom. The number of carbonyl (C=O) groups excluding carboxylic acids is 1. The summed E-state index contributed by atoms with van der Waals surface area (Å²) >= 11 is 0. The van der Waals surface area contributed by atoms with Gasteiger partial charge in [-0.15, -0.1) is 0 Å². The third kappa shape index (κ3) is 3.65. The smallest absolute Gasteiger partial charge is 0.270 e. The van der Waals surface area contributed by atoms with Crippen LogP contribution in [0.3, 0.4) is 0 Å². The molecular formula is C17H26N4O. The predicted molar refractivity (Wildman–Crippen MR) is 89.4 cm³/mol. The number of hydrogen-bond donors (Lipinski definition) is 1. The van der Waals surface area contributed by atoms with Gasteiger partial charge in [-0.2, -0.15) is 0 Å². The molecule has 1 N–H and O–H groups in total. The Bertz CT molecular complexity index is 643. The number of carbonyl (C=O) groups is 1. The van der Waals surface area contributed by atoms with Crippen LogP contribution >= 0.6 is 0 Å². The van der Waals surface area contributed by atoms with Gasteiger partial charge in [0.2, 0.25) is 0 Å². The van der Waals surface area contributed by atoms with Crippen molar-refractivity contribution in [3.05, 3.63) is 35.3 Å². The van der Waals surface area contributed by atoms with Gasteiger partial charge < -0.3 is 10.2 Å². The number of pyridine rings is 1. The quantitative estimate of drug-likeness (QED) is 0.799. The van der Waals surface area contributed by atoms with Crippen molar-refractivity contribution in [3.8, 4) is 0 Å². The summed E-state index contributed by atoms with van der Waals surface area (Å²) in [5.41, 5.74) is 3.34. The molecule has 1 amide bonds. The highest BCUT2D eigenvalue weighted by molar-refractivity contribution is 5.94. The summed E-state index contributed by atoms with van der Waals surface area (Å²) in [6, 6.07) is 3.95. The zero-order chi connectivity index (χ0) is 16.1. The third-order valence-electron chi connectivity index (χ3n) is 3.99. The number of rotatable bonds is 7. The first-order valence-electron chi connectivity index (χ1n) is 8.02. The fourth-order valence-corrected chi connectivity index (χ4v) is 2.67. The van der Waals surface area contributed by atoms with Gasteiger partial charge in [-0.05, 0) is 51.5 Å². The van der Waals surface area contributed by atoms with E-state index in [1.54, 1.807) is 0 Å². The third-order valence-corrected chi connectivity index (χ3v) is 3.99. The van der Waals surface area contributed by atoms with Crippen LogP contribution in [0.5, 0.6) is 0 Å². The van der Waals surface area contributed by atoms with E-state index < -0.39 is 0 Å². The van der Waals surface area contributed by atoms with E-state index in [9.17, 15) is 4.79 Å². The number of amides is 1. The molecule has 0 aliphatic rings. The molecule has 0 saturated heterocycles. The molecule has 0 fully saturated rings. The summed E-state index contributed by atoms with van der Waals surface area (Å²) in [4.78, 5) is 19.3. The molecule has 0 unspecified atom stereocenters. The highest BCUT2D eigenvalue weighted by atomic mass is 16.1. The van der Waals surface area contributed by atoms with Gasteiger partial charge >= 0.3 is 0 Å². The van der Waals surface area contributed by atoms with E-state index >= 15 is 0 Å². The fraction of sp³-hybridized carbons (Fsp3) is 0.529. The molecule has 0 saturated carbocycles. The minimum Gasteiger partial charge on any atom is -0.351 e. The van der Waals surface area contributed by atoms with E-state index in [-0.39, 0.29) is 5.91 Å². The van der Waals surface area contributed by atoms with Gasteiger partial charge in [-0.1, -0.05) is 19.9 Å². The van der Waals surface area contributed by atoms with Gasteiger partial charge in [0, 0.05) is 12.7 Å².